The molecule has 3 heteroatoms. The molecule has 1 N–H and O–H groups in total. The predicted molar refractivity (Wildman–Crippen MR) is 68.0 cm³/mol. The van der Waals surface area contributed by atoms with Crippen LogP contribution >= 0.6 is 0 Å². The van der Waals surface area contributed by atoms with Gasteiger partial charge in [0.25, 0.3) is 0 Å². The topological polar surface area (TPSA) is 34.4 Å². The molecule has 0 amide bonds. The standard InChI is InChI=1S/C14H23NO2/c1-11-9-13(11)14-6-5-12(17-14)10-15-7-3-4-8-16-2/h5-6,11,13,15H,3-4,7-10H2,1-2H3. The van der Waals surface area contributed by atoms with E-state index < -0.39 is 0 Å². The fraction of sp³-hybridized carbons (Fsp3) is 0.714. The van der Waals surface area contributed by atoms with Crippen LogP contribution in [0.2, 0.25) is 0 Å². The molecule has 0 aromatic carbocycles. The van der Waals surface area contributed by atoms with Crippen LogP contribution in [-0.4, -0.2) is 20.3 Å². The molecular weight excluding hydrogens is 214 g/mol. The van der Waals surface area contributed by atoms with Crippen LogP contribution in [0.5, 0.6) is 0 Å². The summed E-state index contributed by atoms with van der Waals surface area (Å²) in [5.74, 6) is 3.74. The van der Waals surface area contributed by atoms with E-state index in [-0.39, 0.29) is 0 Å². The number of methoxy groups -OCH3 is 1. The molecule has 0 spiro atoms. The zero-order valence-corrected chi connectivity index (χ0v) is 10.9. The van der Waals surface area contributed by atoms with E-state index in [9.17, 15) is 0 Å². The molecule has 96 valence electrons. The third kappa shape index (κ3) is 3.86. The van der Waals surface area contributed by atoms with Crippen LogP contribution in [0.15, 0.2) is 16.5 Å². The summed E-state index contributed by atoms with van der Waals surface area (Å²) in [6.07, 6.45) is 3.56. The van der Waals surface area contributed by atoms with E-state index in [2.05, 4.69) is 24.4 Å². The van der Waals surface area contributed by atoms with Crippen LogP contribution < -0.4 is 5.32 Å². The number of nitrogens with one attached hydrogen (secondary N) is 1. The number of unbranched alkanes of at least 4 members (excludes halogenated alkanes) is 1. The smallest absolute Gasteiger partial charge is 0.117 e. The SMILES string of the molecule is COCCCCNCc1ccc(C2CC2C)o1. The van der Waals surface area contributed by atoms with E-state index in [0.717, 1.165) is 44.2 Å². The van der Waals surface area contributed by atoms with Crippen molar-refractivity contribution in [3.63, 3.8) is 0 Å². The summed E-state index contributed by atoms with van der Waals surface area (Å²) >= 11 is 0. The minimum absolute atomic E-state index is 0.686. The lowest BCUT2D eigenvalue weighted by atomic mass is 10.3. The predicted octanol–water partition coefficient (Wildman–Crippen LogP) is 2.92. The van der Waals surface area contributed by atoms with Gasteiger partial charge in [-0.15, -0.1) is 0 Å². The monoisotopic (exact) mass is 237 g/mol. The fourth-order valence-electron chi connectivity index (χ4n) is 2.12. The first-order chi connectivity index (χ1) is 8.31. The lowest BCUT2D eigenvalue weighted by Gasteiger charge is -2.02. The van der Waals surface area contributed by atoms with Gasteiger partial charge in [-0.3, -0.25) is 0 Å². The molecule has 1 aromatic heterocycles. The number of hydrogen-bond acceptors (Lipinski definition) is 3. The second kappa shape index (κ2) is 6.22. The highest BCUT2D eigenvalue weighted by atomic mass is 16.5. The summed E-state index contributed by atoms with van der Waals surface area (Å²) in [4.78, 5) is 0. The molecule has 0 radical (unpaired) electrons. The summed E-state index contributed by atoms with van der Waals surface area (Å²) in [5, 5.41) is 3.40. The van der Waals surface area contributed by atoms with Crippen molar-refractivity contribution in [1.82, 2.24) is 5.32 Å². The molecule has 0 bridgehead atoms. The maximum atomic E-state index is 5.82. The van der Waals surface area contributed by atoms with Crippen LogP contribution in [0.1, 0.15) is 43.6 Å². The first kappa shape index (κ1) is 12.7. The van der Waals surface area contributed by atoms with Gasteiger partial charge in [-0.05, 0) is 43.9 Å². The molecule has 1 aliphatic carbocycles. The van der Waals surface area contributed by atoms with Crippen molar-refractivity contribution in [2.45, 2.75) is 38.6 Å². The normalized spacial score (nSPS) is 22.9. The summed E-state index contributed by atoms with van der Waals surface area (Å²) in [7, 11) is 1.75. The number of furan rings is 1. The Labute approximate surface area is 104 Å². The van der Waals surface area contributed by atoms with Crippen molar-refractivity contribution in [1.29, 1.82) is 0 Å². The van der Waals surface area contributed by atoms with Crippen LogP contribution in [0, 0.1) is 5.92 Å². The molecule has 1 aromatic rings. The lowest BCUT2D eigenvalue weighted by molar-refractivity contribution is 0.192. The van der Waals surface area contributed by atoms with Crippen molar-refractivity contribution in [3.05, 3.63) is 23.7 Å². The highest BCUT2D eigenvalue weighted by Crippen LogP contribution is 2.47. The van der Waals surface area contributed by atoms with Gasteiger partial charge >= 0.3 is 0 Å². The third-order valence-electron chi connectivity index (χ3n) is 3.41. The molecule has 0 aliphatic heterocycles. The van der Waals surface area contributed by atoms with Gasteiger partial charge < -0.3 is 14.5 Å². The number of hydrogen-bond donors (Lipinski definition) is 1. The van der Waals surface area contributed by atoms with Crippen molar-refractivity contribution < 1.29 is 9.15 Å². The summed E-state index contributed by atoms with van der Waals surface area (Å²) in [6.45, 7) is 5.00. The summed E-state index contributed by atoms with van der Waals surface area (Å²) in [6, 6.07) is 4.23. The van der Waals surface area contributed by atoms with E-state index in [1.54, 1.807) is 7.11 Å². The van der Waals surface area contributed by atoms with Crippen LogP contribution in [0.3, 0.4) is 0 Å². The van der Waals surface area contributed by atoms with E-state index in [1.165, 1.54) is 12.2 Å². The Morgan fingerprint density at radius 3 is 2.94 bits per heavy atom. The second-order valence-electron chi connectivity index (χ2n) is 5.00. The largest absolute Gasteiger partial charge is 0.464 e. The van der Waals surface area contributed by atoms with Gasteiger partial charge in [-0.2, -0.15) is 0 Å². The molecular formula is C14H23NO2. The van der Waals surface area contributed by atoms with Crippen LogP contribution in [-0.2, 0) is 11.3 Å². The van der Waals surface area contributed by atoms with Gasteiger partial charge in [0.2, 0.25) is 0 Å². The second-order valence-corrected chi connectivity index (χ2v) is 5.00. The van der Waals surface area contributed by atoms with Crippen molar-refractivity contribution in [2.24, 2.45) is 5.92 Å². The molecule has 2 rings (SSSR count). The number of rotatable bonds is 8. The fourth-order valence-corrected chi connectivity index (χ4v) is 2.12. The molecule has 17 heavy (non-hydrogen) atoms. The Hall–Kier alpha value is -0.800. The Kier molecular flexibility index (Phi) is 4.63. The van der Waals surface area contributed by atoms with E-state index in [0.29, 0.717) is 5.92 Å². The van der Waals surface area contributed by atoms with Crippen LogP contribution in [0.4, 0.5) is 0 Å². The van der Waals surface area contributed by atoms with Gasteiger partial charge in [-0.1, -0.05) is 6.92 Å². The zero-order valence-electron chi connectivity index (χ0n) is 10.9. The van der Waals surface area contributed by atoms with Gasteiger partial charge in [0.15, 0.2) is 0 Å². The summed E-state index contributed by atoms with van der Waals surface area (Å²) < 4.78 is 10.8. The maximum Gasteiger partial charge on any atom is 0.117 e. The summed E-state index contributed by atoms with van der Waals surface area (Å²) in [5.41, 5.74) is 0. The maximum absolute atomic E-state index is 5.82. The van der Waals surface area contributed by atoms with E-state index in [4.69, 9.17) is 9.15 Å². The molecule has 2 atom stereocenters. The van der Waals surface area contributed by atoms with Crippen LogP contribution in [0.25, 0.3) is 0 Å². The molecule has 1 saturated carbocycles. The Morgan fingerprint density at radius 2 is 2.24 bits per heavy atom. The quantitative estimate of drug-likeness (QED) is 0.706. The van der Waals surface area contributed by atoms with Gasteiger partial charge in [0, 0.05) is 19.6 Å². The van der Waals surface area contributed by atoms with Gasteiger partial charge in [0.05, 0.1) is 6.54 Å². The third-order valence-corrected chi connectivity index (χ3v) is 3.41. The first-order valence-corrected chi connectivity index (χ1v) is 6.59. The zero-order chi connectivity index (χ0) is 12.1. The highest BCUT2D eigenvalue weighted by molar-refractivity contribution is 5.17. The molecule has 3 nitrogen and oxygen atoms in total. The molecule has 1 aliphatic rings. The molecule has 2 unspecified atom stereocenters. The molecule has 1 fully saturated rings. The Morgan fingerprint density at radius 1 is 1.41 bits per heavy atom. The highest BCUT2D eigenvalue weighted by Gasteiger charge is 2.36. The molecule has 0 saturated heterocycles. The van der Waals surface area contributed by atoms with Gasteiger partial charge in [0.1, 0.15) is 11.5 Å². The lowest BCUT2D eigenvalue weighted by Crippen LogP contribution is -2.14. The average Bonchev–Trinajstić information content (AvgIpc) is 2.89. The Bertz CT molecular complexity index is 335. The average molecular weight is 237 g/mol. The Balaban J connectivity index is 1.61. The van der Waals surface area contributed by atoms with Crippen molar-refractivity contribution >= 4 is 0 Å². The van der Waals surface area contributed by atoms with E-state index >= 15 is 0 Å². The minimum Gasteiger partial charge on any atom is -0.464 e. The van der Waals surface area contributed by atoms with E-state index in [1.807, 2.05) is 0 Å². The van der Waals surface area contributed by atoms with Gasteiger partial charge in [-0.25, -0.2) is 0 Å². The first-order valence-electron chi connectivity index (χ1n) is 6.59. The minimum atomic E-state index is 0.686. The van der Waals surface area contributed by atoms with Crippen molar-refractivity contribution in [2.75, 3.05) is 20.3 Å². The van der Waals surface area contributed by atoms with Crippen molar-refractivity contribution in [3.8, 4) is 0 Å². The molecule has 1 heterocycles. The number of ether oxygens (including phenoxy) is 1.